The van der Waals surface area contributed by atoms with Crippen LogP contribution in [0.5, 0.6) is 11.5 Å². The molecule has 220 valence electrons. The summed E-state index contributed by atoms with van der Waals surface area (Å²) in [5, 5.41) is 12.5. The van der Waals surface area contributed by atoms with Crippen LogP contribution in [0.15, 0.2) is 91.5 Å². The molecule has 0 radical (unpaired) electrons. The number of amides is 2. The summed E-state index contributed by atoms with van der Waals surface area (Å²) in [6, 6.07) is 16.2. The highest BCUT2D eigenvalue weighted by Crippen LogP contribution is 2.29. The molecule has 3 aromatic heterocycles. The smallest absolute Gasteiger partial charge is 0.349 e. The normalized spacial score (nSPS) is 10.8. The largest absolute Gasteiger partial charge is 0.487 e. The first-order chi connectivity index (χ1) is 20.9. The maximum Gasteiger partial charge on any atom is 0.349 e. The number of carbonyl (C=O) groups is 1. The molecule has 0 aliphatic heterocycles. The van der Waals surface area contributed by atoms with Crippen LogP contribution in [0.1, 0.15) is 35.9 Å². The number of benzene rings is 2. The maximum atomic E-state index is 16.3. The van der Waals surface area contributed by atoms with Gasteiger partial charge in [-0.15, -0.1) is 15.4 Å². The van der Waals surface area contributed by atoms with Crippen molar-refractivity contribution in [2.75, 3.05) is 15.6 Å². The zero-order valence-electron chi connectivity index (χ0n) is 23.2. The van der Waals surface area contributed by atoms with E-state index in [0.29, 0.717) is 22.1 Å². The molecule has 0 fully saturated rings. The Hall–Kier alpha value is -5.17. The first-order valence-electron chi connectivity index (χ1n) is 13.2. The first-order valence-corrected chi connectivity index (χ1v) is 14.0. The van der Waals surface area contributed by atoms with Gasteiger partial charge < -0.3 is 9.47 Å². The Morgan fingerprint density at radius 2 is 1.63 bits per heavy atom. The minimum Gasteiger partial charge on any atom is -0.487 e. The van der Waals surface area contributed by atoms with E-state index in [-0.39, 0.29) is 46.4 Å². The van der Waals surface area contributed by atoms with E-state index < -0.39 is 11.8 Å². The van der Waals surface area contributed by atoms with Crippen LogP contribution in [0.25, 0.3) is 0 Å². The van der Waals surface area contributed by atoms with Gasteiger partial charge in [-0.05, 0) is 60.2 Å². The number of hydrogen-bond acceptors (Lipinski definition) is 9. The quantitative estimate of drug-likeness (QED) is 0.126. The van der Waals surface area contributed by atoms with Crippen molar-refractivity contribution in [2.24, 2.45) is 0 Å². The first kappa shape index (κ1) is 29.3. The highest BCUT2D eigenvalue weighted by atomic mass is 32.1. The van der Waals surface area contributed by atoms with Gasteiger partial charge in [0.2, 0.25) is 5.13 Å². The molecular formula is C30H27F2N7O3S. The van der Waals surface area contributed by atoms with E-state index in [1.807, 2.05) is 13.8 Å². The van der Waals surface area contributed by atoms with Crippen molar-refractivity contribution in [1.82, 2.24) is 20.2 Å². The molecule has 0 unspecified atom stereocenters. The lowest BCUT2D eigenvalue weighted by Crippen LogP contribution is -2.45. The lowest BCUT2D eigenvalue weighted by atomic mass is 10.2. The van der Waals surface area contributed by atoms with Gasteiger partial charge >= 0.3 is 6.03 Å². The molecule has 0 aliphatic rings. The number of rotatable bonds is 11. The van der Waals surface area contributed by atoms with Crippen LogP contribution < -0.4 is 25.0 Å². The summed E-state index contributed by atoms with van der Waals surface area (Å²) in [6.45, 7) is 3.85. The molecule has 13 heteroatoms. The summed E-state index contributed by atoms with van der Waals surface area (Å²) >= 11 is 1.18. The predicted molar refractivity (Wildman–Crippen MR) is 159 cm³/mol. The number of anilines is 3. The minimum absolute atomic E-state index is 0.0278. The lowest BCUT2D eigenvalue weighted by Gasteiger charge is -2.29. The molecule has 10 nitrogen and oxygen atoms in total. The molecule has 0 saturated carbocycles. The Labute approximate surface area is 250 Å². The molecular weight excluding hydrogens is 576 g/mol. The summed E-state index contributed by atoms with van der Waals surface area (Å²) < 4.78 is 42.5. The van der Waals surface area contributed by atoms with Crippen LogP contribution in [-0.4, -0.2) is 26.2 Å². The number of halogens is 2. The second kappa shape index (κ2) is 13.7. The van der Waals surface area contributed by atoms with Crippen LogP contribution in [0, 0.1) is 5.82 Å². The van der Waals surface area contributed by atoms with E-state index in [2.05, 4.69) is 25.5 Å². The third kappa shape index (κ3) is 7.57. The molecule has 0 spiro atoms. The van der Waals surface area contributed by atoms with E-state index in [4.69, 9.17) is 9.47 Å². The van der Waals surface area contributed by atoms with Crippen molar-refractivity contribution in [3.8, 4) is 11.5 Å². The SMILES string of the molecule is CC(C)c1nnc(NC(=O)N(c2ccc(F)c(COc3cccnc3)c2)N(F)c2cccc(COc3cccnc3)c2)s1. The number of aromatic nitrogens is 4. The van der Waals surface area contributed by atoms with Gasteiger partial charge in [-0.2, -0.15) is 5.01 Å². The molecule has 0 saturated heterocycles. The summed E-state index contributed by atoms with van der Waals surface area (Å²) in [4.78, 5) is 21.6. The van der Waals surface area contributed by atoms with Gasteiger partial charge in [-0.3, -0.25) is 15.3 Å². The van der Waals surface area contributed by atoms with Gasteiger partial charge in [0, 0.05) is 23.9 Å². The Balaban J connectivity index is 1.43. The van der Waals surface area contributed by atoms with Crippen LogP contribution in [0.4, 0.5) is 30.2 Å². The number of hydrazine groups is 1. The Morgan fingerprint density at radius 1 is 0.907 bits per heavy atom. The molecule has 0 aliphatic carbocycles. The molecule has 2 aromatic carbocycles. The van der Waals surface area contributed by atoms with Gasteiger partial charge in [0.15, 0.2) is 0 Å². The third-order valence-electron chi connectivity index (χ3n) is 5.98. The van der Waals surface area contributed by atoms with Crippen molar-refractivity contribution in [3.05, 3.63) is 113 Å². The molecule has 1 N–H and O–H groups in total. The molecule has 0 bridgehead atoms. The van der Waals surface area contributed by atoms with E-state index in [0.717, 1.165) is 11.1 Å². The average molecular weight is 604 g/mol. The highest BCUT2D eigenvalue weighted by molar-refractivity contribution is 7.15. The van der Waals surface area contributed by atoms with Gasteiger partial charge in [-0.1, -0.05) is 41.8 Å². The van der Waals surface area contributed by atoms with Gasteiger partial charge in [0.1, 0.15) is 35.5 Å². The Kier molecular flexibility index (Phi) is 9.32. The van der Waals surface area contributed by atoms with Gasteiger partial charge in [0.05, 0.1) is 23.8 Å². The number of ether oxygens (including phenoxy) is 2. The number of nitrogens with zero attached hydrogens (tertiary/aromatic N) is 6. The zero-order chi connectivity index (χ0) is 30.2. The number of urea groups is 1. The van der Waals surface area contributed by atoms with E-state index in [9.17, 15) is 9.18 Å². The number of carbonyl (C=O) groups excluding carboxylic acids is 1. The van der Waals surface area contributed by atoms with E-state index in [1.54, 1.807) is 55.0 Å². The second-order valence-electron chi connectivity index (χ2n) is 9.50. The van der Waals surface area contributed by atoms with Crippen molar-refractivity contribution in [3.63, 3.8) is 0 Å². The van der Waals surface area contributed by atoms with Crippen molar-refractivity contribution in [2.45, 2.75) is 33.0 Å². The molecule has 3 heterocycles. The molecule has 43 heavy (non-hydrogen) atoms. The lowest BCUT2D eigenvalue weighted by molar-refractivity contribution is 0.251. The fraction of sp³-hybridized carbons (Fsp3) is 0.167. The number of nitrogens with one attached hydrogen (secondary N) is 1. The van der Waals surface area contributed by atoms with Gasteiger partial charge in [0.25, 0.3) is 0 Å². The van der Waals surface area contributed by atoms with Crippen LogP contribution in [-0.2, 0) is 13.2 Å². The van der Waals surface area contributed by atoms with Crippen molar-refractivity contribution >= 4 is 33.9 Å². The topological polar surface area (TPSA) is 106 Å². The molecule has 5 aromatic rings. The standard InChI is InChI=1S/C30H27F2N7O3S/c1-20(2)28-36-37-29(43-28)35-30(40)38(23-10-11-27(31)22(15-23)19-42-26-9-5-13-34-17-26)39(32)24-7-3-6-21(14-24)18-41-25-8-4-12-33-16-25/h3-17,20H,18-19H2,1-2H3,(H,35,37,40). The minimum atomic E-state index is -0.878. The maximum absolute atomic E-state index is 16.3. The average Bonchev–Trinajstić information content (AvgIpc) is 3.50. The molecule has 0 atom stereocenters. The van der Waals surface area contributed by atoms with Crippen LogP contribution in [0.2, 0.25) is 0 Å². The molecule has 2 amide bonds. The second-order valence-corrected chi connectivity index (χ2v) is 10.5. The van der Waals surface area contributed by atoms with E-state index >= 15 is 4.48 Å². The summed E-state index contributed by atoms with van der Waals surface area (Å²) in [6.07, 6.45) is 6.27. The number of pyridine rings is 2. The fourth-order valence-electron chi connectivity index (χ4n) is 3.83. The van der Waals surface area contributed by atoms with E-state index in [1.165, 1.54) is 41.8 Å². The monoisotopic (exact) mass is 603 g/mol. The van der Waals surface area contributed by atoms with Crippen LogP contribution in [0.3, 0.4) is 0 Å². The van der Waals surface area contributed by atoms with Crippen LogP contribution >= 0.6 is 11.3 Å². The van der Waals surface area contributed by atoms with Crippen molar-refractivity contribution < 1.29 is 23.1 Å². The number of hydrogen-bond donors (Lipinski definition) is 1. The molecule has 5 rings (SSSR count). The summed E-state index contributed by atoms with van der Waals surface area (Å²) in [5.41, 5.74) is 0.806. The van der Waals surface area contributed by atoms with Crippen molar-refractivity contribution in [1.29, 1.82) is 0 Å². The Morgan fingerprint density at radius 3 is 2.28 bits per heavy atom. The van der Waals surface area contributed by atoms with Gasteiger partial charge in [-0.25, -0.2) is 9.18 Å². The Bertz CT molecular complexity index is 1660. The fourth-order valence-corrected chi connectivity index (χ4v) is 4.57. The zero-order valence-corrected chi connectivity index (χ0v) is 24.0. The summed E-state index contributed by atoms with van der Waals surface area (Å²) in [7, 11) is 0. The summed E-state index contributed by atoms with van der Waals surface area (Å²) in [5.74, 6) is 0.486. The highest BCUT2D eigenvalue weighted by Gasteiger charge is 2.27. The predicted octanol–water partition coefficient (Wildman–Crippen LogP) is 7.09. The third-order valence-corrected chi connectivity index (χ3v) is 7.12.